The van der Waals surface area contributed by atoms with Crippen LogP contribution in [0.1, 0.15) is 23.6 Å². The molecule has 1 amide bonds. The molecular weight excluding hydrogens is 411 g/mol. The van der Waals surface area contributed by atoms with Gasteiger partial charge in [-0.1, -0.05) is 53.5 Å². The van der Waals surface area contributed by atoms with E-state index in [-0.39, 0.29) is 11.9 Å². The fraction of sp³-hybridized carbons (Fsp3) is 0.364. The first-order valence-electron chi connectivity index (χ1n) is 9.58. The summed E-state index contributed by atoms with van der Waals surface area (Å²) in [4.78, 5) is 28.9. The summed E-state index contributed by atoms with van der Waals surface area (Å²) >= 11 is 12.3. The number of ether oxygens (including phenoxy) is 1. The summed E-state index contributed by atoms with van der Waals surface area (Å²) in [5.41, 5.74) is 1.77. The first kappa shape index (κ1) is 21.6. The number of halogens is 2. The van der Waals surface area contributed by atoms with Crippen LogP contribution in [0.25, 0.3) is 0 Å². The molecule has 1 aliphatic rings. The SMILES string of the molecule is COC(=O)C(c1ccccc1Cl)N1CCN(C(=O)CCc2cccc(Cl)c2)CC1. The lowest BCUT2D eigenvalue weighted by Crippen LogP contribution is -2.51. The van der Waals surface area contributed by atoms with E-state index in [0.29, 0.717) is 49.1 Å². The van der Waals surface area contributed by atoms with Gasteiger partial charge in [0, 0.05) is 42.6 Å². The maximum Gasteiger partial charge on any atom is 0.327 e. The predicted molar refractivity (Wildman–Crippen MR) is 114 cm³/mol. The number of piperazine rings is 1. The second-order valence-corrected chi connectivity index (χ2v) is 7.84. The monoisotopic (exact) mass is 434 g/mol. The molecule has 1 aliphatic heterocycles. The summed E-state index contributed by atoms with van der Waals surface area (Å²) in [5, 5.41) is 1.21. The second kappa shape index (κ2) is 10.1. The number of methoxy groups -OCH3 is 1. The van der Waals surface area contributed by atoms with Gasteiger partial charge in [0.15, 0.2) is 0 Å². The predicted octanol–water partition coefficient (Wildman–Crippen LogP) is 3.98. The molecule has 0 N–H and O–H groups in total. The Morgan fingerprint density at radius 1 is 1.03 bits per heavy atom. The third-order valence-electron chi connectivity index (χ3n) is 5.17. The fourth-order valence-corrected chi connectivity index (χ4v) is 4.06. The Labute approximate surface area is 181 Å². The molecule has 29 heavy (non-hydrogen) atoms. The van der Waals surface area contributed by atoms with Gasteiger partial charge >= 0.3 is 5.97 Å². The van der Waals surface area contributed by atoms with Gasteiger partial charge in [-0.2, -0.15) is 0 Å². The van der Waals surface area contributed by atoms with Gasteiger partial charge in [0.05, 0.1) is 7.11 Å². The molecule has 2 aromatic carbocycles. The average Bonchev–Trinajstić information content (AvgIpc) is 2.74. The van der Waals surface area contributed by atoms with E-state index in [9.17, 15) is 9.59 Å². The summed E-state index contributed by atoms with van der Waals surface area (Å²) in [7, 11) is 1.38. The second-order valence-electron chi connectivity index (χ2n) is 6.99. The van der Waals surface area contributed by atoms with Crippen molar-refractivity contribution in [2.24, 2.45) is 0 Å². The Morgan fingerprint density at radius 3 is 2.41 bits per heavy atom. The van der Waals surface area contributed by atoms with Gasteiger partial charge in [0.1, 0.15) is 6.04 Å². The Bertz CT molecular complexity index is 867. The van der Waals surface area contributed by atoms with Crippen molar-refractivity contribution < 1.29 is 14.3 Å². The van der Waals surface area contributed by atoms with Crippen molar-refractivity contribution in [3.63, 3.8) is 0 Å². The van der Waals surface area contributed by atoms with Crippen molar-refractivity contribution in [1.82, 2.24) is 9.80 Å². The number of hydrogen-bond acceptors (Lipinski definition) is 4. The van der Waals surface area contributed by atoms with Crippen LogP contribution < -0.4 is 0 Å². The van der Waals surface area contributed by atoms with Crippen molar-refractivity contribution >= 4 is 35.1 Å². The number of carbonyl (C=O) groups excluding carboxylic acids is 2. The highest BCUT2D eigenvalue weighted by atomic mass is 35.5. The van der Waals surface area contributed by atoms with Crippen LogP contribution in [-0.4, -0.2) is 55.0 Å². The Balaban J connectivity index is 1.60. The molecule has 2 aromatic rings. The molecule has 5 nitrogen and oxygen atoms in total. The van der Waals surface area contributed by atoms with Crippen molar-refractivity contribution in [2.45, 2.75) is 18.9 Å². The minimum Gasteiger partial charge on any atom is -0.468 e. The molecule has 7 heteroatoms. The smallest absolute Gasteiger partial charge is 0.327 e. The van der Waals surface area contributed by atoms with E-state index in [1.807, 2.05) is 52.3 Å². The fourth-order valence-electron chi connectivity index (χ4n) is 3.61. The van der Waals surface area contributed by atoms with Gasteiger partial charge in [0.25, 0.3) is 0 Å². The molecule has 0 spiro atoms. The van der Waals surface area contributed by atoms with Gasteiger partial charge in [-0.3, -0.25) is 9.69 Å². The molecule has 1 heterocycles. The number of hydrogen-bond donors (Lipinski definition) is 0. The van der Waals surface area contributed by atoms with Gasteiger partial charge in [-0.25, -0.2) is 4.79 Å². The van der Waals surface area contributed by atoms with E-state index >= 15 is 0 Å². The molecule has 0 aromatic heterocycles. The molecule has 1 atom stereocenters. The zero-order valence-corrected chi connectivity index (χ0v) is 17.8. The van der Waals surface area contributed by atoms with Gasteiger partial charge in [0.2, 0.25) is 5.91 Å². The summed E-state index contributed by atoms with van der Waals surface area (Å²) in [5.74, 6) is -0.240. The van der Waals surface area contributed by atoms with Crippen LogP contribution in [-0.2, 0) is 20.7 Å². The van der Waals surface area contributed by atoms with Gasteiger partial charge in [-0.05, 0) is 35.7 Å². The first-order valence-corrected chi connectivity index (χ1v) is 10.3. The summed E-state index contributed by atoms with van der Waals surface area (Å²) in [6, 6.07) is 14.3. The number of nitrogens with zero attached hydrogens (tertiary/aromatic N) is 2. The quantitative estimate of drug-likeness (QED) is 0.644. The lowest BCUT2D eigenvalue weighted by Gasteiger charge is -2.38. The van der Waals surface area contributed by atoms with E-state index in [4.69, 9.17) is 27.9 Å². The molecule has 0 aliphatic carbocycles. The van der Waals surface area contributed by atoms with Crippen LogP contribution in [0.4, 0.5) is 0 Å². The van der Waals surface area contributed by atoms with Crippen molar-refractivity contribution in [1.29, 1.82) is 0 Å². The van der Waals surface area contributed by atoms with Crippen molar-refractivity contribution in [3.8, 4) is 0 Å². The van der Waals surface area contributed by atoms with Crippen LogP contribution in [0, 0.1) is 0 Å². The Morgan fingerprint density at radius 2 is 1.76 bits per heavy atom. The highest BCUT2D eigenvalue weighted by Gasteiger charge is 2.33. The Kier molecular flexibility index (Phi) is 7.53. The number of rotatable bonds is 6. The van der Waals surface area contributed by atoms with E-state index in [1.165, 1.54) is 7.11 Å². The Hall–Kier alpha value is -2.08. The number of carbonyl (C=O) groups is 2. The minimum absolute atomic E-state index is 0.108. The van der Waals surface area contributed by atoms with Crippen molar-refractivity contribution in [3.05, 3.63) is 69.7 Å². The summed E-state index contributed by atoms with van der Waals surface area (Å²) < 4.78 is 5.02. The summed E-state index contributed by atoms with van der Waals surface area (Å²) in [6.07, 6.45) is 1.09. The largest absolute Gasteiger partial charge is 0.468 e. The maximum absolute atomic E-state index is 12.6. The zero-order chi connectivity index (χ0) is 20.8. The van der Waals surface area contributed by atoms with Crippen LogP contribution >= 0.6 is 23.2 Å². The standard InChI is InChI=1S/C22H24Cl2N2O3/c1-29-22(28)21(18-7-2-3-8-19(18)24)26-13-11-25(12-14-26)20(27)10-9-16-5-4-6-17(23)15-16/h2-8,15,21H,9-14H2,1H3. The average molecular weight is 435 g/mol. The molecule has 1 unspecified atom stereocenters. The zero-order valence-electron chi connectivity index (χ0n) is 16.3. The van der Waals surface area contributed by atoms with Crippen LogP contribution in [0.5, 0.6) is 0 Å². The molecule has 154 valence electrons. The topological polar surface area (TPSA) is 49.9 Å². The first-order chi connectivity index (χ1) is 14.0. The normalized spacial score (nSPS) is 15.8. The molecule has 1 fully saturated rings. The van der Waals surface area contributed by atoms with Gasteiger partial charge in [-0.15, -0.1) is 0 Å². The number of amides is 1. The van der Waals surface area contributed by atoms with E-state index < -0.39 is 6.04 Å². The van der Waals surface area contributed by atoms with Gasteiger partial charge < -0.3 is 9.64 Å². The van der Waals surface area contributed by atoms with Crippen LogP contribution in [0.2, 0.25) is 10.0 Å². The van der Waals surface area contributed by atoms with E-state index in [0.717, 1.165) is 11.1 Å². The summed E-state index contributed by atoms with van der Waals surface area (Å²) in [6.45, 7) is 2.28. The third kappa shape index (κ3) is 5.50. The number of benzene rings is 2. The van der Waals surface area contributed by atoms with E-state index in [2.05, 4.69) is 0 Å². The molecular formula is C22H24Cl2N2O3. The molecule has 1 saturated heterocycles. The molecule has 0 radical (unpaired) electrons. The highest BCUT2D eigenvalue weighted by molar-refractivity contribution is 6.31. The molecule has 0 bridgehead atoms. The van der Waals surface area contributed by atoms with Crippen molar-refractivity contribution in [2.75, 3.05) is 33.3 Å². The lowest BCUT2D eigenvalue weighted by atomic mass is 10.0. The number of esters is 1. The third-order valence-corrected chi connectivity index (χ3v) is 5.75. The lowest BCUT2D eigenvalue weighted by molar-refractivity contribution is -0.148. The highest BCUT2D eigenvalue weighted by Crippen LogP contribution is 2.29. The molecule has 3 rings (SSSR count). The maximum atomic E-state index is 12.6. The van der Waals surface area contributed by atoms with Crippen LogP contribution in [0.15, 0.2) is 48.5 Å². The van der Waals surface area contributed by atoms with E-state index in [1.54, 1.807) is 6.07 Å². The number of aryl methyl sites for hydroxylation is 1. The van der Waals surface area contributed by atoms with Crippen LogP contribution in [0.3, 0.4) is 0 Å². The minimum atomic E-state index is -0.572. The molecule has 0 saturated carbocycles.